The first-order valence-electron chi connectivity index (χ1n) is 4.87. The SMILES string of the molecule is Cl.Oc1cc(O)c([C@@H]2CNCCN2)c(O)c1. The Morgan fingerprint density at radius 2 is 1.69 bits per heavy atom. The maximum absolute atomic E-state index is 9.64. The van der Waals surface area contributed by atoms with Crippen molar-refractivity contribution < 1.29 is 15.3 Å². The van der Waals surface area contributed by atoms with Gasteiger partial charge in [-0.1, -0.05) is 0 Å². The first-order valence-corrected chi connectivity index (χ1v) is 4.87. The molecule has 1 aliphatic heterocycles. The minimum absolute atomic E-state index is 0. The van der Waals surface area contributed by atoms with E-state index in [0.717, 1.165) is 13.1 Å². The van der Waals surface area contributed by atoms with Gasteiger partial charge in [-0.3, -0.25) is 0 Å². The van der Waals surface area contributed by atoms with Crippen molar-refractivity contribution in [1.82, 2.24) is 10.6 Å². The smallest absolute Gasteiger partial charge is 0.127 e. The summed E-state index contributed by atoms with van der Waals surface area (Å²) in [6.07, 6.45) is 0. The van der Waals surface area contributed by atoms with Gasteiger partial charge >= 0.3 is 0 Å². The van der Waals surface area contributed by atoms with E-state index in [0.29, 0.717) is 12.1 Å². The highest BCUT2D eigenvalue weighted by molar-refractivity contribution is 5.85. The average molecular weight is 247 g/mol. The Balaban J connectivity index is 0.00000128. The van der Waals surface area contributed by atoms with Crippen LogP contribution in [0.3, 0.4) is 0 Å². The molecule has 16 heavy (non-hydrogen) atoms. The standard InChI is InChI=1S/C10H14N2O3.ClH/c13-6-3-8(14)10(9(15)4-6)7-5-11-1-2-12-7;/h3-4,7,11-15H,1-2,5H2;1H/t7-;/m0./s1. The number of benzene rings is 1. The number of aromatic hydroxyl groups is 3. The molecule has 0 unspecified atom stereocenters. The molecule has 0 aliphatic carbocycles. The molecule has 0 amide bonds. The fourth-order valence-electron chi connectivity index (χ4n) is 1.82. The number of phenolic OH excluding ortho intramolecular Hbond substituents is 3. The number of hydrogen-bond acceptors (Lipinski definition) is 5. The highest BCUT2D eigenvalue weighted by Gasteiger charge is 2.21. The number of hydrogen-bond donors (Lipinski definition) is 5. The van der Waals surface area contributed by atoms with Gasteiger partial charge in [0.15, 0.2) is 0 Å². The van der Waals surface area contributed by atoms with Crippen molar-refractivity contribution in [2.45, 2.75) is 6.04 Å². The van der Waals surface area contributed by atoms with E-state index in [9.17, 15) is 10.2 Å². The second-order valence-electron chi connectivity index (χ2n) is 3.61. The molecular weight excluding hydrogens is 232 g/mol. The Labute approximate surface area is 99.5 Å². The number of halogens is 1. The molecule has 1 fully saturated rings. The van der Waals surface area contributed by atoms with Crippen molar-refractivity contribution in [2.24, 2.45) is 0 Å². The lowest BCUT2D eigenvalue weighted by atomic mass is 10.0. The molecule has 0 bridgehead atoms. The van der Waals surface area contributed by atoms with Crippen LogP contribution in [0.1, 0.15) is 11.6 Å². The van der Waals surface area contributed by atoms with Crippen molar-refractivity contribution in [3.8, 4) is 17.2 Å². The van der Waals surface area contributed by atoms with Gasteiger partial charge in [0.2, 0.25) is 0 Å². The molecule has 1 aliphatic rings. The third-order valence-electron chi connectivity index (χ3n) is 2.51. The van der Waals surface area contributed by atoms with Crippen molar-refractivity contribution in [1.29, 1.82) is 0 Å². The maximum atomic E-state index is 9.64. The first-order chi connectivity index (χ1) is 7.18. The van der Waals surface area contributed by atoms with Crippen LogP contribution in [-0.2, 0) is 0 Å². The van der Waals surface area contributed by atoms with E-state index in [1.54, 1.807) is 0 Å². The Bertz CT molecular complexity index is 344. The highest BCUT2D eigenvalue weighted by atomic mass is 35.5. The van der Waals surface area contributed by atoms with Gasteiger partial charge in [-0.15, -0.1) is 12.4 Å². The van der Waals surface area contributed by atoms with Gasteiger partial charge in [-0.2, -0.15) is 0 Å². The van der Waals surface area contributed by atoms with Crippen LogP contribution >= 0.6 is 12.4 Å². The minimum atomic E-state index is -0.141. The summed E-state index contributed by atoms with van der Waals surface area (Å²) in [5, 5.41) is 34.8. The molecule has 5 N–H and O–H groups in total. The van der Waals surface area contributed by atoms with Gasteiger partial charge in [0.1, 0.15) is 17.2 Å². The molecule has 1 aromatic carbocycles. The summed E-state index contributed by atoms with van der Waals surface area (Å²) >= 11 is 0. The zero-order valence-electron chi connectivity index (χ0n) is 8.60. The Morgan fingerprint density at radius 1 is 1.06 bits per heavy atom. The average Bonchev–Trinajstić information content (AvgIpc) is 2.17. The van der Waals surface area contributed by atoms with Gasteiger partial charge in [0.25, 0.3) is 0 Å². The van der Waals surface area contributed by atoms with E-state index < -0.39 is 0 Å². The maximum Gasteiger partial charge on any atom is 0.127 e. The van der Waals surface area contributed by atoms with Gasteiger partial charge in [0, 0.05) is 31.8 Å². The predicted octanol–water partition coefficient (Wildman–Crippen LogP) is 0.459. The summed E-state index contributed by atoms with van der Waals surface area (Å²) in [5.41, 5.74) is 0.431. The lowest BCUT2D eigenvalue weighted by Gasteiger charge is -2.26. The number of nitrogens with one attached hydrogen (secondary N) is 2. The van der Waals surface area contributed by atoms with Gasteiger partial charge in [0.05, 0.1) is 11.6 Å². The van der Waals surface area contributed by atoms with Crippen LogP contribution in [0.2, 0.25) is 0 Å². The summed E-state index contributed by atoms with van der Waals surface area (Å²) < 4.78 is 0. The Kier molecular flexibility index (Phi) is 4.23. The third-order valence-corrected chi connectivity index (χ3v) is 2.51. The number of rotatable bonds is 1. The van der Waals surface area contributed by atoms with Crippen LogP contribution in [0.25, 0.3) is 0 Å². The molecular formula is C10H15ClN2O3. The minimum Gasteiger partial charge on any atom is -0.508 e. The van der Waals surface area contributed by atoms with Gasteiger partial charge in [-0.05, 0) is 0 Å². The molecule has 5 nitrogen and oxygen atoms in total. The molecule has 0 aromatic heterocycles. The van der Waals surface area contributed by atoms with Crippen LogP contribution < -0.4 is 10.6 Å². The molecule has 0 saturated carbocycles. The summed E-state index contributed by atoms with van der Waals surface area (Å²) in [5.74, 6) is -0.320. The topological polar surface area (TPSA) is 84.8 Å². The third kappa shape index (κ3) is 2.49. The monoisotopic (exact) mass is 246 g/mol. The highest BCUT2D eigenvalue weighted by Crippen LogP contribution is 2.36. The molecule has 1 atom stereocenters. The molecule has 0 spiro atoms. The first kappa shape index (κ1) is 12.9. The Hall–Kier alpha value is -1.17. The van der Waals surface area contributed by atoms with E-state index in [-0.39, 0.29) is 35.7 Å². The van der Waals surface area contributed by atoms with Crippen LogP contribution in [0, 0.1) is 0 Å². The molecule has 2 rings (SSSR count). The van der Waals surface area contributed by atoms with Crippen LogP contribution in [0.15, 0.2) is 12.1 Å². The molecule has 6 heteroatoms. The van der Waals surface area contributed by atoms with E-state index in [4.69, 9.17) is 5.11 Å². The zero-order chi connectivity index (χ0) is 10.8. The van der Waals surface area contributed by atoms with Crippen molar-refractivity contribution in [2.75, 3.05) is 19.6 Å². The summed E-state index contributed by atoms with van der Waals surface area (Å²) in [6.45, 7) is 2.30. The normalized spacial score (nSPS) is 20.1. The van der Waals surface area contributed by atoms with E-state index in [1.807, 2.05) is 0 Å². The van der Waals surface area contributed by atoms with Crippen molar-refractivity contribution >= 4 is 12.4 Å². The molecule has 1 aromatic rings. The van der Waals surface area contributed by atoms with Crippen LogP contribution in [0.5, 0.6) is 17.2 Å². The quantitative estimate of drug-likeness (QED) is 0.497. The number of piperazine rings is 1. The van der Waals surface area contributed by atoms with Gasteiger partial charge < -0.3 is 26.0 Å². The van der Waals surface area contributed by atoms with E-state index in [2.05, 4.69) is 10.6 Å². The van der Waals surface area contributed by atoms with Crippen molar-refractivity contribution in [3.05, 3.63) is 17.7 Å². The second kappa shape index (κ2) is 5.25. The second-order valence-corrected chi connectivity index (χ2v) is 3.61. The van der Waals surface area contributed by atoms with E-state index >= 15 is 0 Å². The van der Waals surface area contributed by atoms with Crippen LogP contribution in [-0.4, -0.2) is 35.0 Å². The summed E-state index contributed by atoms with van der Waals surface area (Å²) in [7, 11) is 0. The predicted molar refractivity (Wildman–Crippen MR) is 62.3 cm³/mol. The Morgan fingerprint density at radius 3 is 2.19 bits per heavy atom. The molecule has 1 saturated heterocycles. The fraction of sp³-hybridized carbons (Fsp3) is 0.400. The summed E-state index contributed by atoms with van der Waals surface area (Å²) in [4.78, 5) is 0. The number of phenols is 3. The molecule has 1 heterocycles. The van der Waals surface area contributed by atoms with Crippen molar-refractivity contribution in [3.63, 3.8) is 0 Å². The van der Waals surface area contributed by atoms with E-state index in [1.165, 1.54) is 12.1 Å². The zero-order valence-corrected chi connectivity index (χ0v) is 9.42. The molecule has 0 radical (unpaired) electrons. The lowest BCUT2D eigenvalue weighted by molar-refractivity contribution is 0.375. The fourth-order valence-corrected chi connectivity index (χ4v) is 1.82. The lowest BCUT2D eigenvalue weighted by Crippen LogP contribution is -2.42. The molecule has 90 valence electrons. The van der Waals surface area contributed by atoms with Crippen LogP contribution in [0.4, 0.5) is 0 Å². The largest absolute Gasteiger partial charge is 0.508 e. The van der Waals surface area contributed by atoms with Gasteiger partial charge in [-0.25, -0.2) is 0 Å². The summed E-state index contributed by atoms with van der Waals surface area (Å²) in [6, 6.07) is 2.33.